The van der Waals surface area contributed by atoms with Crippen LogP contribution in [0.2, 0.25) is 0 Å². The molecule has 0 saturated heterocycles. The van der Waals surface area contributed by atoms with Crippen LogP contribution in [0.5, 0.6) is 0 Å². The van der Waals surface area contributed by atoms with Gasteiger partial charge < -0.3 is 26.8 Å². The van der Waals surface area contributed by atoms with E-state index in [0.29, 0.717) is 19.4 Å². The molecule has 132 valence electrons. The van der Waals surface area contributed by atoms with Crippen LogP contribution in [0.15, 0.2) is 30.3 Å². The van der Waals surface area contributed by atoms with Crippen LogP contribution in [0.3, 0.4) is 0 Å². The molecule has 0 fully saturated rings. The summed E-state index contributed by atoms with van der Waals surface area (Å²) < 4.78 is 5.09. The largest absolute Gasteiger partial charge is 0.445 e. The van der Waals surface area contributed by atoms with Gasteiger partial charge in [0.1, 0.15) is 12.6 Å². The second-order valence-corrected chi connectivity index (χ2v) is 5.23. The molecular weight excluding hydrogens is 312 g/mol. The summed E-state index contributed by atoms with van der Waals surface area (Å²) in [5.41, 5.74) is 11.3. The van der Waals surface area contributed by atoms with E-state index in [2.05, 4.69) is 10.6 Å². The molecule has 24 heavy (non-hydrogen) atoms. The Kier molecular flexibility index (Phi) is 8.91. The number of unbranched alkanes of at least 4 members (excludes halogenated alkanes) is 1. The number of hydrogen-bond donors (Lipinski definition) is 4. The van der Waals surface area contributed by atoms with Crippen molar-refractivity contribution in [1.82, 2.24) is 10.6 Å². The smallest absolute Gasteiger partial charge is 0.408 e. The summed E-state index contributed by atoms with van der Waals surface area (Å²) in [5, 5.41) is 4.88. The highest BCUT2D eigenvalue weighted by Crippen LogP contribution is 2.04. The van der Waals surface area contributed by atoms with E-state index in [-0.39, 0.29) is 13.2 Å². The average Bonchev–Trinajstić information content (AvgIpc) is 2.58. The van der Waals surface area contributed by atoms with Crippen LogP contribution < -0.4 is 22.1 Å². The SMILES string of the molecule is NCCCC[C@@H](NC(=O)OCc1ccccc1)C(=O)NCC(N)=O. The van der Waals surface area contributed by atoms with Crippen LogP contribution in [0.1, 0.15) is 24.8 Å². The van der Waals surface area contributed by atoms with Crippen molar-refractivity contribution in [2.75, 3.05) is 13.1 Å². The maximum absolute atomic E-state index is 12.0. The molecule has 0 aliphatic heterocycles. The molecule has 1 aromatic carbocycles. The third-order valence-corrected chi connectivity index (χ3v) is 3.21. The zero-order chi connectivity index (χ0) is 17.8. The number of hydrogen-bond acceptors (Lipinski definition) is 5. The number of alkyl carbamates (subject to hydrolysis) is 1. The first-order valence-corrected chi connectivity index (χ1v) is 7.76. The fourth-order valence-electron chi connectivity index (χ4n) is 1.97. The molecule has 0 spiro atoms. The van der Waals surface area contributed by atoms with Crippen LogP contribution in [-0.2, 0) is 20.9 Å². The van der Waals surface area contributed by atoms with E-state index in [1.165, 1.54) is 0 Å². The maximum atomic E-state index is 12.0. The summed E-state index contributed by atoms with van der Waals surface area (Å²) in [5.74, 6) is -1.14. The summed E-state index contributed by atoms with van der Waals surface area (Å²) in [6.45, 7) is 0.312. The number of carbonyl (C=O) groups excluding carboxylic acids is 3. The molecule has 1 aromatic rings. The van der Waals surface area contributed by atoms with Gasteiger partial charge in [0.2, 0.25) is 11.8 Å². The van der Waals surface area contributed by atoms with Gasteiger partial charge in [0.05, 0.1) is 6.54 Å². The van der Waals surface area contributed by atoms with E-state index in [0.717, 1.165) is 12.0 Å². The van der Waals surface area contributed by atoms with Gasteiger partial charge in [-0.05, 0) is 31.4 Å². The minimum atomic E-state index is -0.806. The van der Waals surface area contributed by atoms with Gasteiger partial charge in [-0.3, -0.25) is 9.59 Å². The van der Waals surface area contributed by atoms with Gasteiger partial charge in [-0.1, -0.05) is 30.3 Å². The fraction of sp³-hybridized carbons (Fsp3) is 0.438. The highest BCUT2D eigenvalue weighted by atomic mass is 16.5. The van der Waals surface area contributed by atoms with Gasteiger partial charge in [-0.25, -0.2) is 4.79 Å². The molecule has 1 rings (SSSR count). The van der Waals surface area contributed by atoms with Crippen molar-refractivity contribution in [2.24, 2.45) is 11.5 Å². The van der Waals surface area contributed by atoms with Crippen LogP contribution in [0.4, 0.5) is 4.79 Å². The molecule has 3 amide bonds. The van der Waals surface area contributed by atoms with Crippen molar-refractivity contribution < 1.29 is 19.1 Å². The van der Waals surface area contributed by atoms with Crippen molar-refractivity contribution in [3.05, 3.63) is 35.9 Å². The van der Waals surface area contributed by atoms with Crippen LogP contribution in [0.25, 0.3) is 0 Å². The van der Waals surface area contributed by atoms with Crippen LogP contribution in [0, 0.1) is 0 Å². The lowest BCUT2D eigenvalue weighted by atomic mass is 10.1. The summed E-state index contributed by atoms with van der Waals surface area (Å²) in [6, 6.07) is 8.38. The first kappa shape index (κ1) is 19.4. The predicted molar refractivity (Wildman–Crippen MR) is 88.7 cm³/mol. The van der Waals surface area contributed by atoms with Gasteiger partial charge >= 0.3 is 6.09 Å². The van der Waals surface area contributed by atoms with Crippen molar-refractivity contribution >= 4 is 17.9 Å². The summed E-state index contributed by atoms with van der Waals surface area (Å²) in [6.07, 6.45) is 1.07. The number of benzene rings is 1. The zero-order valence-corrected chi connectivity index (χ0v) is 13.5. The second-order valence-electron chi connectivity index (χ2n) is 5.23. The topological polar surface area (TPSA) is 137 Å². The molecule has 6 N–H and O–H groups in total. The Morgan fingerprint density at radius 3 is 2.46 bits per heavy atom. The third-order valence-electron chi connectivity index (χ3n) is 3.21. The quantitative estimate of drug-likeness (QED) is 0.446. The predicted octanol–water partition coefficient (Wildman–Crippen LogP) is 0.0119. The number of amides is 3. The van der Waals surface area contributed by atoms with Crippen molar-refractivity contribution in [3.63, 3.8) is 0 Å². The Bertz CT molecular complexity index is 536. The number of nitrogens with one attached hydrogen (secondary N) is 2. The first-order chi connectivity index (χ1) is 11.5. The third kappa shape index (κ3) is 8.14. The van der Waals surface area contributed by atoms with E-state index in [4.69, 9.17) is 16.2 Å². The van der Waals surface area contributed by atoms with Crippen LogP contribution in [-0.4, -0.2) is 37.0 Å². The second kappa shape index (κ2) is 11.0. The molecule has 0 aliphatic rings. The molecule has 8 nitrogen and oxygen atoms in total. The van der Waals surface area contributed by atoms with E-state index in [1.807, 2.05) is 30.3 Å². The minimum absolute atomic E-state index is 0.102. The van der Waals surface area contributed by atoms with Crippen molar-refractivity contribution in [2.45, 2.75) is 31.9 Å². The summed E-state index contributed by atoms with van der Waals surface area (Å²) in [7, 11) is 0. The Hall–Kier alpha value is -2.61. The normalized spacial score (nSPS) is 11.4. The minimum Gasteiger partial charge on any atom is -0.445 e. The Labute approximate surface area is 140 Å². The Morgan fingerprint density at radius 1 is 1.12 bits per heavy atom. The number of carbonyl (C=O) groups is 3. The lowest BCUT2D eigenvalue weighted by Crippen LogP contribution is -2.48. The highest BCUT2D eigenvalue weighted by molar-refractivity contribution is 5.88. The highest BCUT2D eigenvalue weighted by Gasteiger charge is 2.21. The molecule has 1 atom stereocenters. The molecule has 0 aliphatic carbocycles. The zero-order valence-electron chi connectivity index (χ0n) is 13.5. The summed E-state index contributed by atoms with van der Waals surface area (Å²) in [4.78, 5) is 34.7. The number of ether oxygens (including phenoxy) is 1. The van der Waals surface area contributed by atoms with Gasteiger partial charge in [-0.2, -0.15) is 0 Å². The van der Waals surface area contributed by atoms with Crippen LogP contribution >= 0.6 is 0 Å². The number of rotatable bonds is 10. The van der Waals surface area contributed by atoms with Gasteiger partial charge in [0.25, 0.3) is 0 Å². The van der Waals surface area contributed by atoms with Gasteiger partial charge in [-0.15, -0.1) is 0 Å². The maximum Gasteiger partial charge on any atom is 0.408 e. The van der Waals surface area contributed by atoms with E-state index in [9.17, 15) is 14.4 Å². The molecule has 0 saturated carbocycles. The Morgan fingerprint density at radius 2 is 1.83 bits per heavy atom. The van der Waals surface area contributed by atoms with Gasteiger partial charge in [0, 0.05) is 0 Å². The van der Waals surface area contributed by atoms with Gasteiger partial charge in [0.15, 0.2) is 0 Å². The lowest BCUT2D eigenvalue weighted by Gasteiger charge is -2.18. The van der Waals surface area contributed by atoms with E-state index < -0.39 is 23.9 Å². The molecule has 0 radical (unpaired) electrons. The number of primary amides is 1. The number of nitrogens with two attached hydrogens (primary N) is 2. The molecule has 0 heterocycles. The molecule has 8 heteroatoms. The lowest BCUT2D eigenvalue weighted by molar-refractivity contribution is -0.126. The average molecular weight is 336 g/mol. The first-order valence-electron chi connectivity index (χ1n) is 7.76. The van der Waals surface area contributed by atoms with Crippen molar-refractivity contribution in [1.29, 1.82) is 0 Å². The van der Waals surface area contributed by atoms with E-state index in [1.54, 1.807) is 0 Å². The van der Waals surface area contributed by atoms with E-state index >= 15 is 0 Å². The molecule has 0 bridgehead atoms. The Balaban J connectivity index is 2.50. The molecular formula is C16H24N4O4. The standard InChI is InChI=1S/C16H24N4O4/c17-9-5-4-8-13(15(22)19-10-14(18)21)20-16(23)24-11-12-6-2-1-3-7-12/h1-3,6-7,13H,4-5,8-11,17H2,(H2,18,21)(H,19,22)(H,20,23)/t13-/m1/s1. The monoisotopic (exact) mass is 336 g/mol. The molecule has 0 unspecified atom stereocenters. The summed E-state index contributed by atoms with van der Waals surface area (Å²) >= 11 is 0. The fourth-order valence-corrected chi connectivity index (χ4v) is 1.97. The molecule has 0 aromatic heterocycles. The van der Waals surface area contributed by atoms with Crippen molar-refractivity contribution in [3.8, 4) is 0 Å².